The van der Waals surface area contributed by atoms with Crippen molar-refractivity contribution in [1.29, 1.82) is 0 Å². The van der Waals surface area contributed by atoms with Crippen molar-refractivity contribution in [3.05, 3.63) is 0 Å². The minimum Gasteiger partial charge on any atom is -0.480 e. The highest BCUT2D eigenvalue weighted by Gasteiger charge is 2.34. The first-order valence-corrected chi connectivity index (χ1v) is 6.48. The van der Waals surface area contributed by atoms with Crippen LogP contribution < -0.4 is 5.73 Å². The number of aliphatic carboxylic acids is 1. The number of carboxylic acid groups (broad SMARTS) is 1. The lowest BCUT2D eigenvalue weighted by molar-refractivity contribution is -0.148. The SMILES string of the molecule is CC(C)(C)CC(N)CC(=O)N1CCC[C@H]1C(=O)O. The number of nitrogens with two attached hydrogens (primary N) is 1. The van der Waals surface area contributed by atoms with Gasteiger partial charge in [-0.15, -0.1) is 0 Å². The van der Waals surface area contributed by atoms with Crippen LogP contribution in [0.1, 0.15) is 46.5 Å². The van der Waals surface area contributed by atoms with Crippen LogP contribution in [0.4, 0.5) is 0 Å². The number of hydrogen-bond acceptors (Lipinski definition) is 3. The third kappa shape index (κ3) is 4.29. The van der Waals surface area contributed by atoms with Gasteiger partial charge in [-0.25, -0.2) is 4.79 Å². The molecule has 0 aromatic rings. The lowest BCUT2D eigenvalue weighted by atomic mass is 9.87. The highest BCUT2D eigenvalue weighted by molar-refractivity contribution is 5.84. The average Bonchev–Trinajstić information content (AvgIpc) is 2.61. The minimum atomic E-state index is -0.912. The molecule has 0 aromatic carbocycles. The van der Waals surface area contributed by atoms with Gasteiger partial charge in [-0.05, 0) is 24.7 Å². The van der Waals surface area contributed by atoms with Gasteiger partial charge in [-0.2, -0.15) is 0 Å². The van der Waals surface area contributed by atoms with Gasteiger partial charge < -0.3 is 15.7 Å². The fourth-order valence-electron chi connectivity index (χ4n) is 2.52. The molecule has 18 heavy (non-hydrogen) atoms. The summed E-state index contributed by atoms with van der Waals surface area (Å²) in [5.41, 5.74) is 6.04. The molecule has 5 nitrogen and oxygen atoms in total. The van der Waals surface area contributed by atoms with Crippen LogP contribution >= 0.6 is 0 Å². The van der Waals surface area contributed by atoms with E-state index in [-0.39, 0.29) is 23.8 Å². The number of nitrogens with zero attached hydrogens (tertiary/aromatic N) is 1. The van der Waals surface area contributed by atoms with Crippen LogP contribution in [0.2, 0.25) is 0 Å². The summed E-state index contributed by atoms with van der Waals surface area (Å²) in [4.78, 5) is 24.5. The summed E-state index contributed by atoms with van der Waals surface area (Å²) in [6, 6.07) is -0.855. The molecule has 0 aromatic heterocycles. The zero-order valence-electron chi connectivity index (χ0n) is 11.5. The van der Waals surface area contributed by atoms with Crippen molar-refractivity contribution in [2.75, 3.05) is 6.54 Å². The molecule has 2 atom stereocenters. The first-order valence-electron chi connectivity index (χ1n) is 6.48. The standard InChI is InChI=1S/C13H24N2O3/c1-13(2,3)8-9(14)7-11(16)15-6-4-5-10(15)12(17)18/h9-10H,4-8,14H2,1-3H3,(H,17,18)/t9?,10-/m0/s1. The normalized spacial score (nSPS) is 22.0. The molecule has 5 heteroatoms. The minimum absolute atomic E-state index is 0.0803. The van der Waals surface area contributed by atoms with E-state index in [0.29, 0.717) is 13.0 Å². The quantitative estimate of drug-likeness (QED) is 0.792. The second kappa shape index (κ2) is 5.69. The zero-order valence-corrected chi connectivity index (χ0v) is 11.5. The Balaban J connectivity index is 2.52. The van der Waals surface area contributed by atoms with Crippen LogP contribution in [0.5, 0.6) is 0 Å². The lowest BCUT2D eigenvalue weighted by Gasteiger charge is -2.26. The van der Waals surface area contributed by atoms with Gasteiger partial charge in [0.15, 0.2) is 0 Å². The van der Waals surface area contributed by atoms with Crippen molar-refractivity contribution in [3.8, 4) is 0 Å². The molecular formula is C13H24N2O3. The van der Waals surface area contributed by atoms with Gasteiger partial charge >= 0.3 is 5.97 Å². The van der Waals surface area contributed by atoms with Crippen LogP contribution in [-0.4, -0.2) is 40.5 Å². The summed E-state index contributed by atoms with van der Waals surface area (Å²) in [5, 5.41) is 9.03. The second-order valence-corrected chi connectivity index (χ2v) is 6.31. The number of carboxylic acids is 1. The zero-order chi connectivity index (χ0) is 13.9. The van der Waals surface area contributed by atoms with E-state index in [1.165, 1.54) is 4.90 Å². The fourth-order valence-corrected chi connectivity index (χ4v) is 2.52. The van der Waals surface area contributed by atoms with Gasteiger partial charge in [0.05, 0.1) is 0 Å². The summed E-state index contributed by atoms with van der Waals surface area (Å²) < 4.78 is 0. The Labute approximate surface area is 108 Å². The third-order valence-corrected chi connectivity index (χ3v) is 3.17. The summed E-state index contributed by atoms with van der Waals surface area (Å²) in [6.07, 6.45) is 2.30. The average molecular weight is 256 g/mol. The maximum Gasteiger partial charge on any atom is 0.326 e. The molecule has 0 spiro atoms. The van der Waals surface area contributed by atoms with E-state index in [1.807, 2.05) is 0 Å². The van der Waals surface area contributed by atoms with E-state index in [0.717, 1.165) is 12.8 Å². The van der Waals surface area contributed by atoms with Crippen molar-refractivity contribution in [2.45, 2.75) is 58.5 Å². The van der Waals surface area contributed by atoms with Gasteiger partial charge in [-0.1, -0.05) is 20.8 Å². The van der Waals surface area contributed by atoms with Gasteiger partial charge in [0.25, 0.3) is 0 Å². The highest BCUT2D eigenvalue weighted by atomic mass is 16.4. The Bertz CT molecular complexity index is 323. The maximum absolute atomic E-state index is 12.0. The molecule has 0 saturated carbocycles. The van der Waals surface area contributed by atoms with Crippen LogP contribution in [0.25, 0.3) is 0 Å². The van der Waals surface area contributed by atoms with E-state index >= 15 is 0 Å². The predicted molar refractivity (Wildman–Crippen MR) is 69.0 cm³/mol. The Morgan fingerprint density at radius 3 is 2.56 bits per heavy atom. The molecule has 1 aliphatic heterocycles. The van der Waals surface area contributed by atoms with E-state index in [1.54, 1.807) is 0 Å². The maximum atomic E-state index is 12.0. The molecule has 3 N–H and O–H groups in total. The molecule has 1 aliphatic rings. The first-order chi connectivity index (χ1) is 8.20. The monoisotopic (exact) mass is 256 g/mol. The Kier molecular flexibility index (Phi) is 4.73. The van der Waals surface area contributed by atoms with E-state index in [4.69, 9.17) is 10.8 Å². The molecule has 1 amide bonds. The van der Waals surface area contributed by atoms with Crippen LogP contribution in [0.15, 0.2) is 0 Å². The van der Waals surface area contributed by atoms with Crippen molar-refractivity contribution >= 4 is 11.9 Å². The molecule has 1 unspecified atom stereocenters. The first kappa shape index (κ1) is 15.0. The van der Waals surface area contributed by atoms with E-state index in [2.05, 4.69) is 20.8 Å². The molecule has 0 bridgehead atoms. The predicted octanol–water partition coefficient (Wildman–Crippen LogP) is 1.22. The van der Waals surface area contributed by atoms with Crippen molar-refractivity contribution in [2.24, 2.45) is 11.1 Å². The summed E-state index contributed by atoms with van der Waals surface area (Å²) in [5.74, 6) is -1.04. The number of carbonyl (C=O) groups is 2. The Morgan fingerprint density at radius 2 is 2.06 bits per heavy atom. The topological polar surface area (TPSA) is 83.6 Å². The van der Waals surface area contributed by atoms with Crippen molar-refractivity contribution < 1.29 is 14.7 Å². The summed E-state index contributed by atoms with van der Waals surface area (Å²) in [6.45, 7) is 6.77. The number of amides is 1. The molecular weight excluding hydrogens is 232 g/mol. The van der Waals surface area contributed by atoms with Crippen LogP contribution in [-0.2, 0) is 9.59 Å². The Hall–Kier alpha value is -1.10. The Morgan fingerprint density at radius 1 is 1.44 bits per heavy atom. The van der Waals surface area contributed by atoms with Crippen LogP contribution in [0.3, 0.4) is 0 Å². The highest BCUT2D eigenvalue weighted by Crippen LogP contribution is 2.23. The summed E-state index contributed by atoms with van der Waals surface area (Å²) in [7, 11) is 0. The number of hydrogen-bond donors (Lipinski definition) is 2. The van der Waals surface area contributed by atoms with E-state index < -0.39 is 12.0 Å². The van der Waals surface area contributed by atoms with Gasteiger partial charge in [-0.3, -0.25) is 4.79 Å². The molecule has 1 fully saturated rings. The number of rotatable bonds is 4. The molecule has 1 heterocycles. The van der Waals surface area contributed by atoms with Gasteiger partial charge in [0.2, 0.25) is 5.91 Å². The molecule has 104 valence electrons. The number of carbonyl (C=O) groups excluding carboxylic acids is 1. The number of likely N-dealkylation sites (tertiary alicyclic amines) is 1. The molecule has 1 rings (SSSR count). The van der Waals surface area contributed by atoms with Gasteiger partial charge in [0.1, 0.15) is 6.04 Å². The van der Waals surface area contributed by atoms with Crippen molar-refractivity contribution in [1.82, 2.24) is 4.90 Å². The lowest BCUT2D eigenvalue weighted by Crippen LogP contribution is -2.43. The van der Waals surface area contributed by atoms with E-state index in [9.17, 15) is 9.59 Å². The molecule has 0 aliphatic carbocycles. The van der Waals surface area contributed by atoms with Crippen LogP contribution in [0, 0.1) is 5.41 Å². The van der Waals surface area contributed by atoms with Gasteiger partial charge in [0, 0.05) is 19.0 Å². The second-order valence-electron chi connectivity index (χ2n) is 6.31. The fraction of sp³-hybridized carbons (Fsp3) is 0.846. The molecule has 1 saturated heterocycles. The van der Waals surface area contributed by atoms with Crippen molar-refractivity contribution in [3.63, 3.8) is 0 Å². The smallest absolute Gasteiger partial charge is 0.326 e. The third-order valence-electron chi connectivity index (χ3n) is 3.17. The molecule has 0 radical (unpaired) electrons. The largest absolute Gasteiger partial charge is 0.480 e. The summed E-state index contributed by atoms with van der Waals surface area (Å²) >= 11 is 0.